The van der Waals surface area contributed by atoms with Crippen molar-refractivity contribution in [3.63, 3.8) is 0 Å². The Bertz CT molecular complexity index is 400. The molecule has 0 aliphatic heterocycles. The second-order valence-electron chi connectivity index (χ2n) is 4.99. The second-order valence-corrected chi connectivity index (χ2v) is 4.99. The van der Waals surface area contributed by atoms with Gasteiger partial charge < -0.3 is 14.7 Å². The zero-order valence-corrected chi connectivity index (χ0v) is 12.1. The van der Waals surface area contributed by atoms with Crippen LogP contribution >= 0.6 is 0 Å². The highest BCUT2D eigenvalue weighted by molar-refractivity contribution is 5.67. The van der Waals surface area contributed by atoms with Gasteiger partial charge in [0.15, 0.2) is 0 Å². The smallest absolute Gasteiger partial charge is 0.303 e. The first-order chi connectivity index (χ1) is 8.95. The van der Waals surface area contributed by atoms with E-state index < -0.39 is 5.97 Å². The minimum atomic E-state index is -0.759. The van der Waals surface area contributed by atoms with Gasteiger partial charge in [0.25, 0.3) is 0 Å². The fraction of sp³-hybridized carbons (Fsp3) is 0.533. The molecule has 4 nitrogen and oxygen atoms in total. The average molecular weight is 265 g/mol. The Morgan fingerprint density at radius 1 is 1.32 bits per heavy atom. The number of hydrogen-bond acceptors (Lipinski definition) is 3. The van der Waals surface area contributed by atoms with Gasteiger partial charge in [-0.2, -0.15) is 0 Å². The molecule has 0 saturated heterocycles. The average Bonchev–Trinajstić information content (AvgIpc) is 2.30. The van der Waals surface area contributed by atoms with Gasteiger partial charge in [-0.3, -0.25) is 4.79 Å². The summed E-state index contributed by atoms with van der Waals surface area (Å²) in [7, 11) is 3.94. The van der Waals surface area contributed by atoms with E-state index >= 15 is 0 Å². The summed E-state index contributed by atoms with van der Waals surface area (Å²) in [5.74, 6) is 0.130. The summed E-state index contributed by atoms with van der Waals surface area (Å²) in [4.78, 5) is 12.9. The molecule has 4 heteroatoms. The van der Waals surface area contributed by atoms with Gasteiger partial charge in [-0.1, -0.05) is 19.1 Å². The lowest BCUT2D eigenvalue weighted by Gasteiger charge is -2.30. The maximum atomic E-state index is 10.9. The SMILES string of the molecule is CCOc1ccc(C(C(C)CC(=O)O)N(C)C)cc1. The van der Waals surface area contributed by atoms with Crippen molar-refractivity contribution in [2.24, 2.45) is 5.92 Å². The highest BCUT2D eigenvalue weighted by Crippen LogP contribution is 2.30. The van der Waals surface area contributed by atoms with Crippen molar-refractivity contribution < 1.29 is 14.6 Å². The molecule has 0 radical (unpaired) electrons. The summed E-state index contributed by atoms with van der Waals surface area (Å²) in [6.07, 6.45) is 0.163. The fourth-order valence-corrected chi connectivity index (χ4v) is 2.45. The number of hydrogen-bond donors (Lipinski definition) is 1. The maximum Gasteiger partial charge on any atom is 0.303 e. The van der Waals surface area contributed by atoms with E-state index in [1.165, 1.54) is 0 Å². The van der Waals surface area contributed by atoms with E-state index in [0.717, 1.165) is 11.3 Å². The molecule has 0 spiro atoms. The molecular weight excluding hydrogens is 242 g/mol. The normalized spacial score (nSPS) is 14.2. The van der Waals surface area contributed by atoms with E-state index in [-0.39, 0.29) is 18.4 Å². The molecule has 0 bridgehead atoms. The lowest BCUT2D eigenvalue weighted by molar-refractivity contribution is -0.138. The third-order valence-corrected chi connectivity index (χ3v) is 3.12. The van der Waals surface area contributed by atoms with Gasteiger partial charge in [-0.25, -0.2) is 0 Å². The Morgan fingerprint density at radius 2 is 1.89 bits per heavy atom. The van der Waals surface area contributed by atoms with Gasteiger partial charge in [0, 0.05) is 12.5 Å². The van der Waals surface area contributed by atoms with Crippen LogP contribution in [0.2, 0.25) is 0 Å². The topological polar surface area (TPSA) is 49.8 Å². The van der Waals surface area contributed by atoms with Gasteiger partial charge in [0.05, 0.1) is 6.61 Å². The Morgan fingerprint density at radius 3 is 2.32 bits per heavy atom. The molecule has 106 valence electrons. The molecule has 1 aromatic carbocycles. The third kappa shape index (κ3) is 4.56. The molecule has 2 unspecified atom stereocenters. The van der Waals surface area contributed by atoms with Gasteiger partial charge in [0.1, 0.15) is 5.75 Å². The molecular formula is C15H23NO3. The monoisotopic (exact) mass is 265 g/mol. The molecule has 0 saturated carbocycles. The van der Waals surface area contributed by atoms with Crippen molar-refractivity contribution >= 4 is 5.97 Å². The number of ether oxygens (including phenoxy) is 1. The van der Waals surface area contributed by atoms with E-state index in [1.807, 2.05) is 52.2 Å². The van der Waals surface area contributed by atoms with Crippen LogP contribution in [-0.4, -0.2) is 36.7 Å². The Kier molecular flexibility index (Phi) is 5.83. The van der Waals surface area contributed by atoms with Crippen LogP contribution in [0.3, 0.4) is 0 Å². The van der Waals surface area contributed by atoms with Crippen molar-refractivity contribution in [1.82, 2.24) is 4.90 Å². The van der Waals surface area contributed by atoms with Crippen molar-refractivity contribution in [3.8, 4) is 5.75 Å². The maximum absolute atomic E-state index is 10.9. The predicted octanol–water partition coefficient (Wildman–Crippen LogP) is 2.80. The van der Waals surface area contributed by atoms with E-state index in [9.17, 15) is 4.79 Å². The van der Waals surface area contributed by atoms with E-state index in [0.29, 0.717) is 6.61 Å². The number of rotatable bonds is 7. The lowest BCUT2D eigenvalue weighted by atomic mass is 9.91. The Balaban J connectivity index is 2.89. The van der Waals surface area contributed by atoms with Crippen LogP contribution < -0.4 is 4.74 Å². The fourth-order valence-electron chi connectivity index (χ4n) is 2.45. The highest BCUT2D eigenvalue weighted by Gasteiger charge is 2.23. The van der Waals surface area contributed by atoms with E-state index in [2.05, 4.69) is 4.90 Å². The molecule has 0 aliphatic rings. The summed E-state index contributed by atoms with van der Waals surface area (Å²) in [6.45, 7) is 4.56. The summed E-state index contributed by atoms with van der Waals surface area (Å²) in [6, 6.07) is 7.97. The van der Waals surface area contributed by atoms with Gasteiger partial charge >= 0.3 is 5.97 Å². The van der Waals surface area contributed by atoms with E-state index in [4.69, 9.17) is 9.84 Å². The molecule has 19 heavy (non-hydrogen) atoms. The Labute approximate surface area is 115 Å². The van der Waals surface area contributed by atoms with Gasteiger partial charge in [-0.15, -0.1) is 0 Å². The van der Waals surface area contributed by atoms with Gasteiger partial charge in [0.2, 0.25) is 0 Å². The third-order valence-electron chi connectivity index (χ3n) is 3.12. The molecule has 0 aromatic heterocycles. The zero-order valence-electron chi connectivity index (χ0n) is 12.1. The number of carboxylic acids is 1. The van der Waals surface area contributed by atoms with Crippen LogP contribution in [0, 0.1) is 5.92 Å². The van der Waals surface area contributed by atoms with Crippen molar-refractivity contribution in [2.75, 3.05) is 20.7 Å². The number of benzene rings is 1. The first kappa shape index (κ1) is 15.5. The molecule has 0 heterocycles. The van der Waals surface area contributed by atoms with Crippen LogP contribution in [-0.2, 0) is 4.79 Å². The number of carboxylic acid groups (broad SMARTS) is 1. The standard InChI is InChI=1S/C15H23NO3/c1-5-19-13-8-6-12(7-9-13)15(16(3)4)11(2)10-14(17)18/h6-9,11,15H,5,10H2,1-4H3,(H,17,18). The largest absolute Gasteiger partial charge is 0.494 e. The summed E-state index contributed by atoms with van der Waals surface area (Å²) in [5.41, 5.74) is 1.11. The quantitative estimate of drug-likeness (QED) is 0.823. The predicted molar refractivity (Wildman–Crippen MR) is 75.5 cm³/mol. The number of nitrogens with zero attached hydrogens (tertiary/aromatic N) is 1. The minimum Gasteiger partial charge on any atom is -0.494 e. The Hall–Kier alpha value is -1.55. The molecule has 1 rings (SSSR count). The van der Waals surface area contributed by atoms with Crippen molar-refractivity contribution in [3.05, 3.63) is 29.8 Å². The van der Waals surface area contributed by atoms with Crippen LogP contribution in [0.25, 0.3) is 0 Å². The molecule has 0 aliphatic carbocycles. The molecule has 1 N–H and O–H groups in total. The minimum absolute atomic E-state index is 0.0467. The lowest BCUT2D eigenvalue weighted by Crippen LogP contribution is -2.27. The van der Waals surface area contributed by atoms with Gasteiger partial charge in [-0.05, 0) is 44.6 Å². The molecule has 1 aromatic rings. The first-order valence-corrected chi connectivity index (χ1v) is 6.56. The van der Waals surface area contributed by atoms with Crippen LogP contribution in [0.15, 0.2) is 24.3 Å². The summed E-state index contributed by atoms with van der Waals surface area (Å²) < 4.78 is 5.42. The summed E-state index contributed by atoms with van der Waals surface area (Å²) in [5, 5.41) is 8.94. The van der Waals surface area contributed by atoms with Crippen LogP contribution in [0.5, 0.6) is 5.75 Å². The zero-order chi connectivity index (χ0) is 14.4. The van der Waals surface area contributed by atoms with Crippen LogP contribution in [0.1, 0.15) is 31.9 Å². The summed E-state index contributed by atoms with van der Waals surface area (Å²) >= 11 is 0. The first-order valence-electron chi connectivity index (χ1n) is 6.56. The molecule has 2 atom stereocenters. The van der Waals surface area contributed by atoms with Crippen LogP contribution in [0.4, 0.5) is 0 Å². The molecule has 0 amide bonds. The molecule has 0 fully saturated rings. The van der Waals surface area contributed by atoms with E-state index in [1.54, 1.807) is 0 Å². The number of carbonyl (C=O) groups is 1. The van der Waals surface area contributed by atoms with Crippen molar-refractivity contribution in [2.45, 2.75) is 26.3 Å². The second kappa shape index (κ2) is 7.14. The number of aliphatic carboxylic acids is 1. The van der Waals surface area contributed by atoms with Crippen molar-refractivity contribution in [1.29, 1.82) is 0 Å². The highest BCUT2D eigenvalue weighted by atomic mass is 16.5.